The predicted molar refractivity (Wildman–Crippen MR) is 93.3 cm³/mol. The molecule has 0 aromatic heterocycles. The van der Waals surface area contributed by atoms with Gasteiger partial charge in [0.25, 0.3) is 0 Å². The summed E-state index contributed by atoms with van der Waals surface area (Å²) in [5.74, 6) is -0.414. The molecule has 0 bridgehead atoms. The van der Waals surface area contributed by atoms with Crippen molar-refractivity contribution in [1.82, 2.24) is 5.32 Å². The largest absolute Gasteiger partial charge is 0.469 e. The van der Waals surface area contributed by atoms with Gasteiger partial charge in [0, 0.05) is 4.47 Å². The van der Waals surface area contributed by atoms with Crippen molar-refractivity contribution in [3.05, 3.63) is 70.2 Å². The van der Waals surface area contributed by atoms with Crippen LogP contribution in [0.3, 0.4) is 0 Å². The predicted octanol–water partition coefficient (Wildman–Crippen LogP) is 3.98. The lowest BCUT2D eigenvalue weighted by molar-refractivity contribution is -0.141. The van der Waals surface area contributed by atoms with E-state index in [9.17, 15) is 9.59 Å². The molecule has 1 amide bonds. The van der Waals surface area contributed by atoms with Crippen molar-refractivity contribution in [2.24, 2.45) is 0 Å². The first kappa shape index (κ1) is 18.0. The van der Waals surface area contributed by atoms with Gasteiger partial charge in [0.1, 0.15) is 6.61 Å². The first-order chi connectivity index (χ1) is 11.6. The van der Waals surface area contributed by atoms with Gasteiger partial charge in [0.2, 0.25) is 0 Å². The van der Waals surface area contributed by atoms with Gasteiger partial charge in [-0.25, -0.2) is 4.79 Å². The van der Waals surface area contributed by atoms with E-state index in [0.29, 0.717) is 0 Å². The molecule has 0 aliphatic heterocycles. The number of alkyl carbamates (subject to hydrolysis) is 1. The molecular formula is C18H18BrNO4. The summed E-state index contributed by atoms with van der Waals surface area (Å²) in [5, 5.41) is 2.71. The molecule has 126 valence electrons. The number of hydrogen-bond acceptors (Lipinski definition) is 4. The number of carbonyl (C=O) groups is 2. The number of nitrogens with one attached hydrogen (secondary N) is 1. The number of methoxy groups -OCH3 is 1. The first-order valence-electron chi connectivity index (χ1n) is 7.38. The summed E-state index contributed by atoms with van der Waals surface area (Å²) < 4.78 is 10.8. The lowest BCUT2D eigenvalue weighted by Gasteiger charge is -2.18. The van der Waals surface area contributed by atoms with Gasteiger partial charge in [-0.3, -0.25) is 4.79 Å². The number of hydrogen-bond donors (Lipinski definition) is 1. The maximum Gasteiger partial charge on any atom is 0.407 e. The van der Waals surface area contributed by atoms with Crippen LogP contribution in [0.25, 0.3) is 0 Å². The fourth-order valence-electron chi connectivity index (χ4n) is 2.13. The fraction of sp³-hybridized carbons (Fsp3) is 0.222. The molecule has 0 saturated carbocycles. The summed E-state index contributed by atoms with van der Waals surface area (Å²) in [6.07, 6.45) is -0.569. The van der Waals surface area contributed by atoms with Crippen LogP contribution >= 0.6 is 15.9 Å². The van der Waals surface area contributed by atoms with Crippen molar-refractivity contribution in [2.45, 2.75) is 19.1 Å². The fourth-order valence-corrected chi connectivity index (χ4v) is 2.55. The number of benzene rings is 2. The first-order valence-corrected chi connectivity index (χ1v) is 8.17. The number of amides is 1. The molecule has 0 fully saturated rings. The Labute approximate surface area is 149 Å². The normalized spacial score (nSPS) is 11.4. The number of carbonyl (C=O) groups excluding carboxylic acids is 2. The van der Waals surface area contributed by atoms with Gasteiger partial charge >= 0.3 is 12.1 Å². The van der Waals surface area contributed by atoms with Crippen LogP contribution < -0.4 is 5.32 Å². The Bertz CT molecular complexity index is 690. The second kappa shape index (κ2) is 9.08. The Morgan fingerprint density at radius 3 is 2.54 bits per heavy atom. The summed E-state index contributed by atoms with van der Waals surface area (Å²) in [4.78, 5) is 23.7. The summed E-state index contributed by atoms with van der Waals surface area (Å²) in [5.41, 5.74) is 1.67. The second-order valence-corrected chi connectivity index (χ2v) is 6.01. The van der Waals surface area contributed by atoms with Crippen LogP contribution in [0.4, 0.5) is 4.79 Å². The van der Waals surface area contributed by atoms with Crippen molar-refractivity contribution < 1.29 is 19.1 Å². The van der Waals surface area contributed by atoms with Crippen LogP contribution in [0, 0.1) is 0 Å². The zero-order chi connectivity index (χ0) is 17.4. The van der Waals surface area contributed by atoms with E-state index in [2.05, 4.69) is 21.2 Å². The molecule has 0 unspecified atom stereocenters. The van der Waals surface area contributed by atoms with E-state index in [1.807, 2.05) is 54.6 Å². The molecule has 0 spiro atoms. The molecule has 1 atom stereocenters. The summed E-state index contributed by atoms with van der Waals surface area (Å²) in [7, 11) is 1.31. The highest BCUT2D eigenvalue weighted by atomic mass is 79.9. The molecule has 0 radical (unpaired) electrons. The Morgan fingerprint density at radius 1 is 1.12 bits per heavy atom. The summed E-state index contributed by atoms with van der Waals surface area (Å²) in [6.45, 7) is 0.163. The van der Waals surface area contributed by atoms with Crippen LogP contribution in [0.5, 0.6) is 0 Å². The molecule has 24 heavy (non-hydrogen) atoms. The minimum atomic E-state index is -0.590. The van der Waals surface area contributed by atoms with Crippen molar-refractivity contribution in [2.75, 3.05) is 7.11 Å². The third kappa shape index (κ3) is 5.70. The van der Waals surface area contributed by atoms with Crippen LogP contribution in [0.2, 0.25) is 0 Å². The Kier molecular flexibility index (Phi) is 6.81. The highest BCUT2D eigenvalue weighted by molar-refractivity contribution is 9.10. The molecule has 1 N–H and O–H groups in total. The summed E-state index contributed by atoms with van der Waals surface area (Å²) >= 11 is 3.38. The molecular weight excluding hydrogens is 374 g/mol. The number of esters is 1. The Balaban J connectivity index is 2.01. The zero-order valence-electron chi connectivity index (χ0n) is 13.2. The van der Waals surface area contributed by atoms with E-state index in [0.717, 1.165) is 15.6 Å². The number of ether oxygens (including phenoxy) is 2. The topological polar surface area (TPSA) is 64.6 Å². The number of rotatable bonds is 6. The van der Waals surface area contributed by atoms with Gasteiger partial charge < -0.3 is 14.8 Å². The number of halogens is 1. The van der Waals surface area contributed by atoms with Gasteiger partial charge in [0.15, 0.2) is 0 Å². The van der Waals surface area contributed by atoms with Crippen LogP contribution in [-0.2, 0) is 20.9 Å². The van der Waals surface area contributed by atoms with Gasteiger partial charge in [0.05, 0.1) is 19.6 Å². The maximum absolute atomic E-state index is 12.1. The lowest BCUT2D eigenvalue weighted by atomic mass is 10.0. The molecule has 6 heteroatoms. The highest BCUT2D eigenvalue weighted by Crippen LogP contribution is 2.21. The molecule has 0 aliphatic carbocycles. The van der Waals surface area contributed by atoms with Crippen LogP contribution in [0.1, 0.15) is 23.6 Å². The standard InChI is InChI=1S/C18H18BrNO4/c1-23-17(21)11-16(14-8-5-9-15(19)10-14)20-18(22)24-12-13-6-3-2-4-7-13/h2-10,16H,11-12H2,1H3,(H,20,22)/t16-/m1/s1. The van der Waals surface area contributed by atoms with Crippen LogP contribution in [0.15, 0.2) is 59.1 Å². The van der Waals surface area contributed by atoms with E-state index in [1.165, 1.54) is 7.11 Å². The zero-order valence-corrected chi connectivity index (χ0v) is 14.8. The molecule has 0 heterocycles. The maximum atomic E-state index is 12.1. The molecule has 2 aromatic rings. The molecule has 5 nitrogen and oxygen atoms in total. The third-order valence-electron chi connectivity index (χ3n) is 3.35. The van der Waals surface area contributed by atoms with E-state index in [4.69, 9.17) is 9.47 Å². The van der Waals surface area contributed by atoms with E-state index in [1.54, 1.807) is 0 Å². The van der Waals surface area contributed by atoms with Crippen molar-refractivity contribution in [1.29, 1.82) is 0 Å². The minimum Gasteiger partial charge on any atom is -0.469 e. The van der Waals surface area contributed by atoms with Crippen molar-refractivity contribution in [3.63, 3.8) is 0 Å². The average molecular weight is 392 g/mol. The molecule has 0 aliphatic rings. The van der Waals surface area contributed by atoms with Gasteiger partial charge in [-0.05, 0) is 23.3 Å². The lowest BCUT2D eigenvalue weighted by Crippen LogP contribution is -2.31. The van der Waals surface area contributed by atoms with Gasteiger partial charge in [-0.15, -0.1) is 0 Å². The second-order valence-electron chi connectivity index (χ2n) is 5.09. The van der Waals surface area contributed by atoms with Crippen LogP contribution in [-0.4, -0.2) is 19.2 Å². The molecule has 2 aromatic carbocycles. The SMILES string of the molecule is COC(=O)C[C@@H](NC(=O)OCc1ccccc1)c1cccc(Br)c1. The average Bonchev–Trinajstić information content (AvgIpc) is 2.60. The van der Waals surface area contributed by atoms with E-state index >= 15 is 0 Å². The molecule has 0 saturated heterocycles. The van der Waals surface area contributed by atoms with E-state index in [-0.39, 0.29) is 13.0 Å². The van der Waals surface area contributed by atoms with Gasteiger partial charge in [-0.1, -0.05) is 58.4 Å². The minimum absolute atomic E-state index is 0.0212. The van der Waals surface area contributed by atoms with Crippen molar-refractivity contribution >= 4 is 28.0 Å². The Hall–Kier alpha value is -2.34. The monoisotopic (exact) mass is 391 g/mol. The quantitative estimate of drug-likeness (QED) is 0.756. The Morgan fingerprint density at radius 2 is 1.88 bits per heavy atom. The third-order valence-corrected chi connectivity index (χ3v) is 3.85. The van der Waals surface area contributed by atoms with Gasteiger partial charge in [-0.2, -0.15) is 0 Å². The van der Waals surface area contributed by atoms with E-state index < -0.39 is 18.1 Å². The highest BCUT2D eigenvalue weighted by Gasteiger charge is 2.20. The summed E-state index contributed by atoms with van der Waals surface area (Å²) in [6, 6.07) is 16.2. The molecule has 2 rings (SSSR count). The smallest absolute Gasteiger partial charge is 0.407 e. The van der Waals surface area contributed by atoms with Crippen molar-refractivity contribution in [3.8, 4) is 0 Å².